The molecule has 1 aromatic rings. The summed E-state index contributed by atoms with van der Waals surface area (Å²) in [4.78, 5) is 0.221. The molecule has 23 heavy (non-hydrogen) atoms. The summed E-state index contributed by atoms with van der Waals surface area (Å²) < 4.78 is 51.7. The van der Waals surface area contributed by atoms with E-state index in [9.17, 15) is 16.8 Å². The first-order valence-electron chi connectivity index (χ1n) is 7.78. The molecule has 0 fully saturated rings. The van der Waals surface area contributed by atoms with Gasteiger partial charge in [-0.15, -0.1) is 0 Å². The van der Waals surface area contributed by atoms with E-state index in [-0.39, 0.29) is 23.7 Å². The number of rotatable bonds is 10. The zero-order valence-corrected chi connectivity index (χ0v) is 15.5. The Morgan fingerprint density at radius 2 is 1.52 bits per heavy atom. The quantitative estimate of drug-likeness (QED) is 0.621. The molecule has 132 valence electrons. The van der Waals surface area contributed by atoms with Gasteiger partial charge in [-0.25, -0.2) is 26.3 Å². The lowest BCUT2D eigenvalue weighted by molar-refractivity contribution is 0.573. The third kappa shape index (κ3) is 6.58. The molecule has 1 atom stereocenters. The Kier molecular flexibility index (Phi) is 7.66. The van der Waals surface area contributed by atoms with Gasteiger partial charge in [-0.2, -0.15) is 0 Å². The van der Waals surface area contributed by atoms with E-state index in [1.54, 1.807) is 19.1 Å². The topological polar surface area (TPSA) is 92.3 Å². The Bertz CT molecular complexity index is 683. The number of benzene rings is 1. The number of hydrogen-bond donors (Lipinski definition) is 2. The van der Waals surface area contributed by atoms with E-state index in [0.29, 0.717) is 12.3 Å². The van der Waals surface area contributed by atoms with Crippen molar-refractivity contribution in [2.45, 2.75) is 44.4 Å². The maximum Gasteiger partial charge on any atom is 0.240 e. The van der Waals surface area contributed by atoms with Crippen LogP contribution in [0.3, 0.4) is 0 Å². The van der Waals surface area contributed by atoms with Crippen LogP contribution in [0.1, 0.15) is 45.1 Å². The van der Waals surface area contributed by atoms with Crippen LogP contribution in [-0.2, 0) is 20.0 Å². The lowest BCUT2D eigenvalue weighted by atomic mass is 9.99. The van der Waals surface area contributed by atoms with Crippen LogP contribution < -0.4 is 9.44 Å². The van der Waals surface area contributed by atoms with Crippen LogP contribution in [-0.4, -0.2) is 35.7 Å². The zero-order valence-electron chi connectivity index (χ0n) is 13.9. The first-order chi connectivity index (χ1) is 10.7. The molecule has 0 aliphatic carbocycles. The highest BCUT2D eigenvalue weighted by atomic mass is 32.2. The molecule has 0 saturated carbocycles. The predicted octanol–water partition coefficient (Wildman–Crippen LogP) is 1.81. The highest BCUT2D eigenvalue weighted by molar-refractivity contribution is 7.89. The van der Waals surface area contributed by atoms with Gasteiger partial charge in [-0.05, 0) is 43.4 Å². The molecule has 2 N–H and O–H groups in total. The monoisotopic (exact) mass is 362 g/mol. The third-order valence-electron chi connectivity index (χ3n) is 3.72. The summed E-state index contributed by atoms with van der Waals surface area (Å²) >= 11 is 0. The largest absolute Gasteiger partial charge is 0.240 e. The SMILES string of the molecule is CCC(C)c1ccc(S(=O)(=O)NCCCNS(=O)(=O)CC)cc1. The van der Waals surface area contributed by atoms with E-state index in [0.717, 1.165) is 12.0 Å². The Hall–Kier alpha value is -0.960. The minimum atomic E-state index is -3.56. The predicted molar refractivity (Wildman–Crippen MR) is 92.4 cm³/mol. The fraction of sp³-hybridized carbons (Fsp3) is 0.600. The molecule has 0 aliphatic heterocycles. The van der Waals surface area contributed by atoms with Crippen LogP contribution in [0, 0.1) is 0 Å². The second kappa shape index (κ2) is 8.77. The van der Waals surface area contributed by atoms with E-state index in [1.165, 1.54) is 0 Å². The van der Waals surface area contributed by atoms with Gasteiger partial charge in [0.2, 0.25) is 20.0 Å². The molecule has 0 saturated heterocycles. The van der Waals surface area contributed by atoms with Gasteiger partial charge in [-0.3, -0.25) is 0 Å². The first-order valence-corrected chi connectivity index (χ1v) is 10.9. The van der Waals surface area contributed by atoms with Gasteiger partial charge >= 0.3 is 0 Å². The average molecular weight is 363 g/mol. The van der Waals surface area contributed by atoms with Crippen molar-refractivity contribution in [1.29, 1.82) is 0 Å². The fourth-order valence-electron chi connectivity index (χ4n) is 1.92. The molecule has 0 aliphatic rings. The lowest BCUT2D eigenvalue weighted by Gasteiger charge is -2.11. The van der Waals surface area contributed by atoms with Crippen LogP contribution in [0.25, 0.3) is 0 Å². The Morgan fingerprint density at radius 3 is 2.04 bits per heavy atom. The third-order valence-corrected chi connectivity index (χ3v) is 6.60. The van der Waals surface area contributed by atoms with Crippen LogP contribution in [0.2, 0.25) is 0 Å². The summed E-state index contributed by atoms with van der Waals surface area (Å²) in [6, 6.07) is 6.86. The summed E-state index contributed by atoms with van der Waals surface area (Å²) in [5.41, 5.74) is 1.11. The Balaban J connectivity index is 2.53. The Morgan fingerprint density at radius 1 is 0.957 bits per heavy atom. The molecule has 0 radical (unpaired) electrons. The van der Waals surface area contributed by atoms with Gasteiger partial charge in [0.05, 0.1) is 10.6 Å². The summed E-state index contributed by atoms with van der Waals surface area (Å²) in [7, 11) is -6.79. The molecular weight excluding hydrogens is 336 g/mol. The molecule has 0 aromatic heterocycles. The van der Waals surface area contributed by atoms with Crippen LogP contribution in [0.15, 0.2) is 29.2 Å². The van der Waals surface area contributed by atoms with Crippen molar-refractivity contribution in [3.8, 4) is 0 Å². The Labute approximate surface area is 139 Å². The maximum atomic E-state index is 12.1. The van der Waals surface area contributed by atoms with Crippen molar-refractivity contribution in [3.05, 3.63) is 29.8 Å². The minimum Gasteiger partial charge on any atom is -0.215 e. The van der Waals surface area contributed by atoms with Gasteiger partial charge < -0.3 is 0 Å². The van der Waals surface area contributed by atoms with Gasteiger partial charge in [-0.1, -0.05) is 26.0 Å². The molecule has 0 spiro atoms. The van der Waals surface area contributed by atoms with E-state index >= 15 is 0 Å². The fourth-order valence-corrected chi connectivity index (χ4v) is 3.65. The summed E-state index contributed by atoms with van der Waals surface area (Å²) in [5.74, 6) is 0.410. The smallest absolute Gasteiger partial charge is 0.215 e. The van der Waals surface area contributed by atoms with E-state index in [2.05, 4.69) is 23.3 Å². The molecule has 6 nitrogen and oxygen atoms in total. The standard InChI is InChI=1S/C15H26N2O4S2/c1-4-13(3)14-7-9-15(10-8-14)23(20,21)17-12-6-11-16-22(18,19)5-2/h7-10,13,16-17H,4-6,11-12H2,1-3H3. The summed E-state index contributed by atoms with van der Waals surface area (Å²) in [5, 5.41) is 0. The molecule has 0 heterocycles. The van der Waals surface area contributed by atoms with Crippen LogP contribution in [0.4, 0.5) is 0 Å². The first kappa shape index (κ1) is 20.1. The summed E-state index contributed by atoms with van der Waals surface area (Å²) in [6.07, 6.45) is 1.39. The number of nitrogens with one attached hydrogen (secondary N) is 2. The number of sulfonamides is 2. The highest BCUT2D eigenvalue weighted by Crippen LogP contribution is 2.20. The molecular formula is C15H26N2O4S2. The van der Waals surface area contributed by atoms with Crippen molar-refractivity contribution in [2.75, 3.05) is 18.8 Å². The second-order valence-electron chi connectivity index (χ2n) is 5.43. The van der Waals surface area contributed by atoms with Crippen molar-refractivity contribution in [1.82, 2.24) is 9.44 Å². The van der Waals surface area contributed by atoms with Crippen molar-refractivity contribution < 1.29 is 16.8 Å². The summed E-state index contributed by atoms with van der Waals surface area (Å²) in [6.45, 7) is 6.13. The second-order valence-corrected chi connectivity index (χ2v) is 9.29. The molecule has 0 amide bonds. The minimum absolute atomic E-state index is 0.0151. The van der Waals surface area contributed by atoms with Gasteiger partial charge in [0.15, 0.2) is 0 Å². The van der Waals surface area contributed by atoms with Crippen molar-refractivity contribution >= 4 is 20.0 Å². The maximum absolute atomic E-state index is 12.1. The van der Waals surface area contributed by atoms with E-state index in [4.69, 9.17) is 0 Å². The van der Waals surface area contributed by atoms with Crippen LogP contribution in [0.5, 0.6) is 0 Å². The lowest BCUT2D eigenvalue weighted by Crippen LogP contribution is -2.30. The van der Waals surface area contributed by atoms with Crippen molar-refractivity contribution in [2.24, 2.45) is 0 Å². The van der Waals surface area contributed by atoms with Crippen molar-refractivity contribution in [3.63, 3.8) is 0 Å². The van der Waals surface area contributed by atoms with Crippen LogP contribution >= 0.6 is 0 Å². The van der Waals surface area contributed by atoms with Gasteiger partial charge in [0.25, 0.3) is 0 Å². The molecule has 1 unspecified atom stereocenters. The molecule has 1 rings (SSSR count). The number of hydrogen-bond acceptors (Lipinski definition) is 4. The van der Waals surface area contributed by atoms with Gasteiger partial charge in [0, 0.05) is 13.1 Å². The van der Waals surface area contributed by atoms with E-state index < -0.39 is 20.0 Å². The molecule has 1 aromatic carbocycles. The van der Waals surface area contributed by atoms with Gasteiger partial charge in [0.1, 0.15) is 0 Å². The normalized spacial score (nSPS) is 13.9. The molecule has 0 bridgehead atoms. The highest BCUT2D eigenvalue weighted by Gasteiger charge is 2.14. The zero-order chi connectivity index (χ0) is 17.5. The van der Waals surface area contributed by atoms with E-state index in [1.807, 2.05) is 12.1 Å². The molecule has 8 heteroatoms. The average Bonchev–Trinajstić information content (AvgIpc) is 2.53.